The molecule has 0 aliphatic carbocycles. The SMILES string of the molecule is Cc1cccc(S(=O)O)c1C.[Zn]. The van der Waals surface area contributed by atoms with Gasteiger partial charge >= 0.3 is 0 Å². The Morgan fingerprint density at radius 3 is 2.33 bits per heavy atom. The van der Waals surface area contributed by atoms with Crippen molar-refractivity contribution in [3.8, 4) is 0 Å². The summed E-state index contributed by atoms with van der Waals surface area (Å²) in [4.78, 5) is 0.505. The second-order valence-electron chi connectivity index (χ2n) is 2.45. The van der Waals surface area contributed by atoms with E-state index < -0.39 is 11.1 Å². The third-order valence-electron chi connectivity index (χ3n) is 1.74. The van der Waals surface area contributed by atoms with Gasteiger partial charge in [0.1, 0.15) is 0 Å². The van der Waals surface area contributed by atoms with Gasteiger partial charge in [-0.25, -0.2) is 4.21 Å². The molecule has 62 valence electrons. The first kappa shape index (κ1) is 12.0. The van der Waals surface area contributed by atoms with Gasteiger partial charge in [0.2, 0.25) is 0 Å². The van der Waals surface area contributed by atoms with E-state index in [1.807, 2.05) is 19.9 Å². The van der Waals surface area contributed by atoms with Crippen LogP contribution >= 0.6 is 0 Å². The summed E-state index contributed by atoms with van der Waals surface area (Å²) in [5.74, 6) is 0. The maximum Gasteiger partial charge on any atom is 0.186 e. The standard InChI is InChI=1S/C8H10O2S.Zn/c1-6-4-3-5-8(7(6)2)11(9)10;/h3-5H,1-2H3,(H,9,10);. The predicted molar refractivity (Wildman–Crippen MR) is 45.0 cm³/mol. The van der Waals surface area contributed by atoms with Gasteiger partial charge in [0.15, 0.2) is 11.1 Å². The van der Waals surface area contributed by atoms with Crippen LogP contribution in [0.1, 0.15) is 11.1 Å². The molecule has 1 aromatic rings. The smallest absolute Gasteiger partial charge is 0.186 e. The predicted octanol–water partition coefficient (Wildman–Crippen LogP) is 1.88. The summed E-state index contributed by atoms with van der Waals surface area (Å²) in [5, 5.41) is 0. The Hall–Kier alpha value is -0.0466. The van der Waals surface area contributed by atoms with E-state index in [9.17, 15) is 4.21 Å². The second-order valence-corrected chi connectivity index (χ2v) is 3.39. The molecule has 1 aromatic carbocycles. The van der Waals surface area contributed by atoms with Crippen LogP contribution in [0.5, 0.6) is 0 Å². The molecular formula is C8H10O2SZn. The van der Waals surface area contributed by atoms with E-state index >= 15 is 0 Å². The molecule has 0 aromatic heterocycles. The van der Waals surface area contributed by atoms with E-state index in [0.29, 0.717) is 4.90 Å². The van der Waals surface area contributed by atoms with Crippen molar-refractivity contribution in [2.45, 2.75) is 18.7 Å². The Labute approximate surface area is 87.4 Å². The van der Waals surface area contributed by atoms with Crippen LogP contribution in [-0.4, -0.2) is 8.76 Å². The van der Waals surface area contributed by atoms with E-state index in [-0.39, 0.29) is 19.5 Å². The van der Waals surface area contributed by atoms with Gasteiger partial charge in [-0.1, -0.05) is 12.1 Å². The molecule has 4 heteroatoms. The Kier molecular flexibility index (Phi) is 4.83. The average molecular weight is 236 g/mol. The van der Waals surface area contributed by atoms with Gasteiger partial charge < -0.3 is 4.55 Å². The minimum absolute atomic E-state index is 0. The third kappa shape index (κ3) is 2.48. The Morgan fingerprint density at radius 2 is 1.92 bits per heavy atom. The van der Waals surface area contributed by atoms with Crippen molar-refractivity contribution >= 4 is 11.1 Å². The van der Waals surface area contributed by atoms with Gasteiger partial charge in [0, 0.05) is 19.5 Å². The topological polar surface area (TPSA) is 37.3 Å². The Bertz CT molecular complexity index is 299. The molecule has 0 fully saturated rings. The summed E-state index contributed by atoms with van der Waals surface area (Å²) in [5.41, 5.74) is 1.94. The van der Waals surface area contributed by atoms with Crippen LogP contribution in [0.4, 0.5) is 0 Å². The van der Waals surface area contributed by atoms with Crippen molar-refractivity contribution in [2.24, 2.45) is 0 Å². The zero-order valence-corrected chi connectivity index (χ0v) is 11.0. The minimum Gasteiger partial charge on any atom is -0.302 e. The molecule has 1 atom stereocenters. The number of rotatable bonds is 1. The largest absolute Gasteiger partial charge is 0.302 e. The second kappa shape index (κ2) is 4.85. The number of benzene rings is 1. The van der Waals surface area contributed by atoms with Gasteiger partial charge in [-0.15, -0.1) is 0 Å². The third-order valence-corrected chi connectivity index (χ3v) is 2.56. The number of hydrogen-bond donors (Lipinski definition) is 1. The first-order valence-corrected chi connectivity index (χ1v) is 4.40. The molecule has 12 heavy (non-hydrogen) atoms. The quantitative estimate of drug-likeness (QED) is 0.596. The van der Waals surface area contributed by atoms with Crippen LogP contribution in [0.15, 0.2) is 23.1 Å². The molecule has 0 saturated heterocycles. The monoisotopic (exact) mass is 234 g/mol. The maximum atomic E-state index is 10.7. The van der Waals surface area contributed by atoms with Crippen molar-refractivity contribution in [1.29, 1.82) is 0 Å². The average Bonchev–Trinajstić information content (AvgIpc) is 1.94. The molecule has 0 radical (unpaired) electrons. The molecule has 1 rings (SSSR count). The van der Waals surface area contributed by atoms with E-state index in [1.165, 1.54) is 0 Å². The molecule has 0 aliphatic heterocycles. The fraction of sp³-hybridized carbons (Fsp3) is 0.250. The van der Waals surface area contributed by atoms with E-state index in [2.05, 4.69) is 0 Å². The molecule has 1 unspecified atom stereocenters. The fourth-order valence-corrected chi connectivity index (χ4v) is 1.53. The molecular weight excluding hydrogens is 226 g/mol. The summed E-state index contributed by atoms with van der Waals surface area (Å²) in [6.07, 6.45) is 0. The minimum atomic E-state index is -1.85. The molecule has 0 heterocycles. The summed E-state index contributed by atoms with van der Waals surface area (Å²) < 4.78 is 19.5. The maximum absolute atomic E-state index is 10.7. The summed E-state index contributed by atoms with van der Waals surface area (Å²) in [7, 11) is 0. The van der Waals surface area contributed by atoms with Crippen molar-refractivity contribution < 1.29 is 28.2 Å². The molecule has 0 amide bonds. The first-order chi connectivity index (χ1) is 5.13. The van der Waals surface area contributed by atoms with Gasteiger partial charge in [0.05, 0.1) is 4.90 Å². The van der Waals surface area contributed by atoms with Crippen LogP contribution in [0.25, 0.3) is 0 Å². The zero-order chi connectivity index (χ0) is 8.43. The van der Waals surface area contributed by atoms with Crippen molar-refractivity contribution in [3.63, 3.8) is 0 Å². The van der Waals surface area contributed by atoms with Crippen LogP contribution in [-0.2, 0) is 30.6 Å². The summed E-state index contributed by atoms with van der Waals surface area (Å²) in [6, 6.07) is 5.37. The van der Waals surface area contributed by atoms with Gasteiger partial charge in [-0.05, 0) is 31.0 Å². The zero-order valence-electron chi connectivity index (χ0n) is 7.20. The molecule has 2 nitrogen and oxygen atoms in total. The molecule has 0 saturated carbocycles. The number of hydrogen-bond acceptors (Lipinski definition) is 1. The van der Waals surface area contributed by atoms with Crippen molar-refractivity contribution in [1.82, 2.24) is 0 Å². The molecule has 0 aliphatic rings. The molecule has 0 spiro atoms. The van der Waals surface area contributed by atoms with Crippen molar-refractivity contribution in [3.05, 3.63) is 29.3 Å². The van der Waals surface area contributed by atoms with Crippen LogP contribution in [0.2, 0.25) is 0 Å². The Morgan fingerprint density at radius 1 is 1.33 bits per heavy atom. The summed E-state index contributed by atoms with van der Waals surface area (Å²) >= 11 is -1.85. The molecule has 1 N–H and O–H groups in total. The van der Waals surface area contributed by atoms with E-state index in [4.69, 9.17) is 4.55 Å². The fourth-order valence-electron chi connectivity index (χ4n) is 0.913. The van der Waals surface area contributed by atoms with Gasteiger partial charge in [-0.3, -0.25) is 0 Å². The van der Waals surface area contributed by atoms with Crippen molar-refractivity contribution in [2.75, 3.05) is 0 Å². The normalized spacial score (nSPS) is 11.9. The van der Waals surface area contributed by atoms with Gasteiger partial charge in [0.25, 0.3) is 0 Å². The Balaban J connectivity index is 0.00000121. The van der Waals surface area contributed by atoms with Gasteiger partial charge in [-0.2, -0.15) is 0 Å². The van der Waals surface area contributed by atoms with E-state index in [1.54, 1.807) is 12.1 Å². The number of aryl methyl sites for hydroxylation is 1. The summed E-state index contributed by atoms with van der Waals surface area (Å²) in [6.45, 7) is 3.77. The van der Waals surface area contributed by atoms with E-state index in [0.717, 1.165) is 11.1 Å². The van der Waals surface area contributed by atoms with Crippen LogP contribution in [0.3, 0.4) is 0 Å². The van der Waals surface area contributed by atoms with Crippen LogP contribution < -0.4 is 0 Å². The van der Waals surface area contributed by atoms with Crippen LogP contribution in [0, 0.1) is 13.8 Å². The molecule has 0 bridgehead atoms. The first-order valence-electron chi connectivity index (χ1n) is 3.30.